The Kier molecular flexibility index (Phi) is 2.83. The van der Waals surface area contributed by atoms with Gasteiger partial charge in [0.25, 0.3) is 0 Å². The van der Waals surface area contributed by atoms with Crippen LogP contribution in [0.1, 0.15) is 30.5 Å². The molecule has 1 aromatic carbocycles. The van der Waals surface area contributed by atoms with Gasteiger partial charge in [-0.15, -0.1) is 0 Å². The van der Waals surface area contributed by atoms with Crippen LogP contribution in [0.4, 0.5) is 0 Å². The quantitative estimate of drug-likeness (QED) is 0.803. The third-order valence-electron chi connectivity index (χ3n) is 2.19. The van der Waals surface area contributed by atoms with Gasteiger partial charge in [-0.05, 0) is 44.4 Å². The molecule has 0 spiro atoms. The second-order valence-corrected chi connectivity index (χ2v) is 4.90. The van der Waals surface area contributed by atoms with Crippen LogP contribution in [-0.4, -0.2) is 0 Å². The van der Waals surface area contributed by atoms with E-state index in [-0.39, 0.29) is 5.54 Å². The monoisotopic (exact) mass is 241 g/mol. The van der Waals surface area contributed by atoms with E-state index in [4.69, 9.17) is 5.73 Å². The van der Waals surface area contributed by atoms with Crippen LogP contribution in [0.15, 0.2) is 16.6 Å². The molecule has 0 aromatic heterocycles. The van der Waals surface area contributed by atoms with Crippen LogP contribution in [0.2, 0.25) is 0 Å². The predicted molar refractivity (Wildman–Crippen MR) is 60.8 cm³/mol. The summed E-state index contributed by atoms with van der Waals surface area (Å²) < 4.78 is 1.14. The minimum absolute atomic E-state index is 0.283. The second kappa shape index (κ2) is 3.43. The van der Waals surface area contributed by atoms with Gasteiger partial charge in [0.1, 0.15) is 0 Å². The molecule has 0 radical (unpaired) electrons. The van der Waals surface area contributed by atoms with E-state index in [9.17, 15) is 0 Å². The molecule has 1 aromatic rings. The first-order chi connectivity index (χ1) is 5.84. The summed E-state index contributed by atoms with van der Waals surface area (Å²) in [4.78, 5) is 0. The van der Waals surface area contributed by atoms with Crippen molar-refractivity contribution in [3.8, 4) is 0 Å². The highest BCUT2D eigenvalue weighted by molar-refractivity contribution is 9.10. The molecule has 0 saturated carbocycles. The van der Waals surface area contributed by atoms with Gasteiger partial charge in [0, 0.05) is 10.0 Å². The lowest BCUT2D eigenvalue weighted by Crippen LogP contribution is -2.30. The molecular weight excluding hydrogens is 226 g/mol. The van der Waals surface area contributed by atoms with Crippen molar-refractivity contribution >= 4 is 15.9 Å². The van der Waals surface area contributed by atoms with Gasteiger partial charge < -0.3 is 5.73 Å². The first kappa shape index (κ1) is 10.7. The van der Waals surface area contributed by atoms with Crippen molar-refractivity contribution in [2.45, 2.75) is 33.2 Å². The zero-order chi connectivity index (χ0) is 10.2. The molecule has 0 bridgehead atoms. The molecule has 13 heavy (non-hydrogen) atoms. The summed E-state index contributed by atoms with van der Waals surface area (Å²) >= 11 is 3.59. The summed E-state index contributed by atoms with van der Waals surface area (Å²) in [6.07, 6.45) is 0. The Morgan fingerprint density at radius 1 is 1.15 bits per heavy atom. The van der Waals surface area contributed by atoms with Gasteiger partial charge in [0.05, 0.1) is 0 Å². The minimum Gasteiger partial charge on any atom is -0.322 e. The number of halogens is 1. The summed E-state index contributed by atoms with van der Waals surface area (Å²) in [5, 5.41) is 0. The molecule has 0 atom stereocenters. The molecule has 0 heterocycles. The highest BCUT2D eigenvalue weighted by atomic mass is 79.9. The maximum atomic E-state index is 6.10. The number of benzene rings is 1. The normalized spacial score (nSPS) is 11.8. The molecule has 1 nitrogen and oxygen atoms in total. The van der Waals surface area contributed by atoms with E-state index in [0.29, 0.717) is 0 Å². The Labute approximate surface area is 88.5 Å². The zero-order valence-corrected chi connectivity index (χ0v) is 10.2. The van der Waals surface area contributed by atoms with Crippen LogP contribution in [-0.2, 0) is 5.54 Å². The van der Waals surface area contributed by atoms with Crippen molar-refractivity contribution in [3.63, 3.8) is 0 Å². The molecule has 2 N–H and O–H groups in total. The Morgan fingerprint density at radius 3 is 2.00 bits per heavy atom. The molecule has 0 aliphatic heterocycles. The molecule has 0 amide bonds. The zero-order valence-electron chi connectivity index (χ0n) is 8.61. The fourth-order valence-electron chi connectivity index (χ4n) is 1.57. The number of nitrogens with two attached hydrogens (primary N) is 1. The van der Waals surface area contributed by atoms with Crippen molar-refractivity contribution in [3.05, 3.63) is 33.3 Å². The van der Waals surface area contributed by atoms with Crippen LogP contribution in [0.5, 0.6) is 0 Å². The summed E-state index contributed by atoms with van der Waals surface area (Å²) in [6, 6.07) is 4.22. The lowest BCUT2D eigenvalue weighted by atomic mass is 9.90. The summed E-state index contributed by atoms with van der Waals surface area (Å²) in [5.74, 6) is 0. The Morgan fingerprint density at radius 2 is 1.62 bits per heavy atom. The van der Waals surface area contributed by atoms with Gasteiger partial charge >= 0.3 is 0 Å². The maximum absolute atomic E-state index is 6.10. The highest BCUT2D eigenvalue weighted by Crippen LogP contribution is 2.31. The summed E-state index contributed by atoms with van der Waals surface area (Å²) in [7, 11) is 0. The molecule has 2 heteroatoms. The molecular formula is C11H16BrN. The van der Waals surface area contributed by atoms with E-state index < -0.39 is 0 Å². The smallest absolute Gasteiger partial charge is 0.0366 e. The summed E-state index contributed by atoms with van der Waals surface area (Å²) in [5.41, 5.74) is 9.49. The van der Waals surface area contributed by atoms with Crippen LogP contribution >= 0.6 is 15.9 Å². The molecule has 0 unspecified atom stereocenters. The first-order valence-corrected chi connectivity index (χ1v) is 5.18. The molecule has 1 rings (SSSR count). The van der Waals surface area contributed by atoms with Crippen LogP contribution in [0.25, 0.3) is 0 Å². The molecule has 0 fully saturated rings. The van der Waals surface area contributed by atoms with Crippen molar-refractivity contribution in [2.75, 3.05) is 0 Å². The number of hydrogen-bond donors (Lipinski definition) is 1. The van der Waals surface area contributed by atoms with Crippen LogP contribution in [0.3, 0.4) is 0 Å². The fraction of sp³-hybridized carbons (Fsp3) is 0.455. The predicted octanol–water partition coefficient (Wildman–Crippen LogP) is 3.26. The van der Waals surface area contributed by atoms with Crippen molar-refractivity contribution in [1.29, 1.82) is 0 Å². The standard InChI is InChI=1S/C11H16BrN/c1-7-5-6-8(2)10(12)9(7)11(3,4)13/h5-6H,13H2,1-4H3. The summed E-state index contributed by atoms with van der Waals surface area (Å²) in [6.45, 7) is 8.23. The fourth-order valence-corrected chi connectivity index (χ4v) is 2.52. The van der Waals surface area contributed by atoms with Gasteiger partial charge in [-0.2, -0.15) is 0 Å². The topological polar surface area (TPSA) is 26.0 Å². The molecule has 0 saturated heterocycles. The van der Waals surface area contributed by atoms with E-state index in [1.165, 1.54) is 16.7 Å². The van der Waals surface area contributed by atoms with Gasteiger partial charge in [-0.25, -0.2) is 0 Å². The lowest BCUT2D eigenvalue weighted by molar-refractivity contribution is 0.547. The van der Waals surface area contributed by atoms with Gasteiger partial charge in [0.15, 0.2) is 0 Å². The Hall–Kier alpha value is -0.340. The van der Waals surface area contributed by atoms with E-state index in [1.54, 1.807) is 0 Å². The minimum atomic E-state index is -0.283. The molecule has 0 aliphatic rings. The number of hydrogen-bond acceptors (Lipinski definition) is 1. The van der Waals surface area contributed by atoms with Crippen LogP contribution in [0, 0.1) is 13.8 Å². The third-order valence-corrected chi connectivity index (χ3v) is 3.21. The first-order valence-electron chi connectivity index (χ1n) is 4.39. The SMILES string of the molecule is Cc1ccc(C)c(C(C)(C)N)c1Br. The lowest BCUT2D eigenvalue weighted by Gasteiger charge is -2.24. The average molecular weight is 242 g/mol. The number of rotatable bonds is 1. The number of aryl methyl sites for hydroxylation is 2. The third kappa shape index (κ3) is 2.12. The van der Waals surface area contributed by atoms with E-state index >= 15 is 0 Å². The van der Waals surface area contributed by atoms with E-state index in [1.807, 2.05) is 13.8 Å². The largest absolute Gasteiger partial charge is 0.322 e. The average Bonchev–Trinajstić information content (AvgIpc) is 1.95. The van der Waals surface area contributed by atoms with Crippen molar-refractivity contribution < 1.29 is 0 Å². The highest BCUT2D eigenvalue weighted by Gasteiger charge is 2.20. The van der Waals surface area contributed by atoms with Gasteiger partial charge in [-0.1, -0.05) is 28.1 Å². The maximum Gasteiger partial charge on any atom is 0.0366 e. The molecule has 0 aliphatic carbocycles. The second-order valence-electron chi connectivity index (χ2n) is 4.11. The molecule has 72 valence electrons. The van der Waals surface area contributed by atoms with E-state index in [2.05, 4.69) is 41.9 Å². The Bertz CT molecular complexity index is 324. The van der Waals surface area contributed by atoms with Crippen molar-refractivity contribution in [2.24, 2.45) is 5.73 Å². The van der Waals surface area contributed by atoms with Gasteiger partial charge in [-0.3, -0.25) is 0 Å². The Balaban J connectivity index is 3.43. The van der Waals surface area contributed by atoms with Crippen molar-refractivity contribution in [1.82, 2.24) is 0 Å². The van der Waals surface area contributed by atoms with Crippen LogP contribution < -0.4 is 5.73 Å². The van der Waals surface area contributed by atoms with E-state index in [0.717, 1.165) is 4.47 Å². The van der Waals surface area contributed by atoms with Gasteiger partial charge in [0.2, 0.25) is 0 Å².